The number of methoxy groups -OCH3 is 1. The zero-order chi connectivity index (χ0) is 26.2. The number of halogens is 3. The molecule has 0 bridgehead atoms. The number of H-pyrrole nitrogens is 1. The number of carbonyl (C=O) groups excluding carboxylic acids is 1. The SMILES string of the molecule is COc1ccc(Cn2[nH]c(=O)c3cc(NC(=O)c4nc(-c5ccccc5)oc4C(F)(F)F)ccc32)cc1. The highest BCUT2D eigenvalue weighted by molar-refractivity contribution is 6.04. The lowest BCUT2D eigenvalue weighted by Gasteiger charge is -2.08. The fourth-order valence-corrected chi connectivity index (χ4v) is 3.87. The van der Waals surface area contributed by atoms with Gasteiger partial charge in [-0.3, -0.25) is 19.4 Å². The van der Waals surface area contributed by atoms with Crippen LogP contribution in [0.1, 0.15) is 21.8 Å². The number of benzene rings is 3. The van der Waals surface area contributed by atoms with Gasteiger partial charge in [0.1, 0.15) is 5.75 Å². The quantitative estimate of drug-likeness (QED) is 0.324. The summed E-state index contributed by atoms with van der Waals surface area (Å²) >= 11 is 0. The van der Waals surface area contributed by atoms with Gasteiger partial charge in [-0.2, -0.15) is 13.2 Å². The van der Waals surface area contributed by atoms with Crippen LogP contribution in [0.2, 0.25) is 0 Å². The Labute approximate surface area is 207 Å². The number of hydrogen-bond donors (Lipinski definition) is 2. The summed E-state index contributed by atoms with van der Waals surface area (Å²) < 4.78 is 52.5. The first-order chi connectivity index (χ1) is 17.7. The van der Waals surface area contributed by atoms with Crippen molar-refractivity contribution in [1.82, 2.24) is 14.8 Å². The molecule has 2 heterocycles. The zero-order valence-corrected chi connectivity index (χ0v) is 19.3. The number of rotatable bonds is 6. The van der Waals surface area contributed by atoms with Gasteiger partial charge < -0.3 is 14.5 Å². The van der Waals surface area contributed by atoms with Crippen molar-refractivity contribution in [2.24, 2.45) is 0 Å². The molecule has 0 unspecified atom stereocenters. The molecule has 5 rings (SSSR count). The van der Waals surface area contributed by atoms with E-state index in [1.165, 1.54) is 24.3 Å². The molecule has 0 fully saturated rings. The fraction of sp³-hybridized carbons (Fsp3) is 0.115. The van der Waals surface area contributed by atoms with Gasteiger partial charge >= 0.3 is 6.18 Å². The predicted octanol–water partition coefficient (Wildman–Crippen LogP) is 5.31. The molecule has 1 amide bonds. The van der Waals surface area contributed by atoms with E-state index < -0.39 is 29.1 Å². The number of fused-ring (bicyclic) bond motifs is 1. The van der Waals surface area contributed by atoms with Crippen molar-refractivity contribution >= 4 is 22.5 Å². The fourth-order valence-electron chi connectivity index (χ4n) is 3.87. The summed E-state index contributed by atoms with van der Waals surface area (Å²) in [6.45, 7) is 0.366. The van der Waals surface area contributed by atoms with Crippen molar-refractivity contribution in [2.45, 2.75) is 12.7 Å². The molecule has 37 heavy (non-hydrogen) atoms. The van der Waals surface area contributed by atoms with E-state index >= 15 is 0 Å². The van der Waals surface area contributed by atoms with Gasteiger partial charge in [-0.05, 0) is 48.0 Å². The van der Waals surface area contributed by atoms with Crippen LogP contribution in [0.3, 0.4) is 0 Å². The Morgan fingerprint density at radius 3 is 2.49 bits per heavy atom. The van der Waals surface area contributed by atoms with Gasteiger partial charge in [0.25, 0.3) is 11.5 Å². The van der Waals surface area contributed by atoms with E-state index in [4.69, 9.17) is 9.15 Å². The van der Waals surface area contributed by atoms with Crippen LogP contribution in [0.25, 0.3) is 22.4 Å². The standard InChI is InChI=1S/C26H19F3N4O4/c1-36-18-10-7-15(8-11-18)14-33-20-12-9-17(13-19(20)23(34)32-33)30-24(35)21-22(26(27,28)29)37-25(31-21)16-5-3-2-4-6-16/h2-13H,14H2,1H3,(H,30,35)(H,32,34). The highest BCUT2D eigenvalue weighted by Gasteiger charge is 2.42. The lowest BCUT2D eigenvalue weighted by Crippen LogP contribution is -2.18. The van der Waals surface area contributed by atoms with Crippen molar-refractivity contribution in [3.8, 4) is 17.2 Å². The minimum absolute atomic E-state index is 0.127. The van der Waals surface area contributed by atoms with E-state index in [1.807, 2.05) is 12.1 Å². The van der Waals surface area contributed by atoms with E-state index in [0.29, 0.717) is 23.4 Å². The molecular formula is C26H19F3N4O4. The number of anilines is 1. The number of aromatic nitrogens is 3. The molecular weight excluding hydrogens is 489 g/mol. The number of alkyl halides is 3. The average molecular weight is 508 g/mol. The Bertz CT molecular complexity index is 1630. The summed E-state index contributed by atoms with van der Waals surface area (Å²) in [4.78, 5) is 29.2. The van der Waals surface area contributed by atoms with Crippen molar-refractivity contribution in [2.75, 3.05) is 12.4 Å². The molecule has 0 radical (unpaired) electrons. The number of amides is 1. The topological polar surface area (TPSA) is 102 Å². The number of aromatic amines is 1. The van der Waals surface area contributed by atoms with Gasteiger partial charge in [-0.15, -0.1) is 0 Å². The molecule has 0 atom stereocenters. The second-order valence-electron chi connectivity index (χ2n) is 8.12. The number of nitrogens with zero attached hydrogens (tertiary/aromatic N) is 2. The zero-order valence-electron chi connectivity index (χ0n) is 19.3. The minimum atomic E-state index is -4.94. The van der Waals surface area contributed by atoms with Crippen molar-refractivity contribution in [3.05, 3.63) is 100 Å². The van der Waals surface area contributed by atoms with Crippen LogP contribution in [0.4, 0.5) is 18.9 Å². The van der Waals surface area contributed by atoms with E-state index in [2.05, 4.69) is 15.4 Å². The minimum Gasteiger partial charge on any atom is -0.497 e. The molecule has 2 N–H and O–H groups in total. The summed E-state index contributed by atoms with van der Waals surface area (Å²) in [5, 5.41) is 5.38. The summed E-state index contributed by atoms with van der Waals surface area (Å²) in [5.41, 5.74) is 0.565. The van der Waals surface area contributed by atoms with E-state index in [9.17, 15) is 22.8 Å². The summed E-state index contributed by atoms with van der Waals surface area (Å²) in [5.74, 6) is -2.26. The van der Waals surface area contributed by atoms with Crippen LogP contribution in [-0.2, 0) is 12.7 Å². The van der Waals surface area contributed by atoms with E-state index in [-0.39, 0.29) is 17.0 Å². The van der Waals surface area contributed by atoms with Gasteiger partial charge in [0.2, 0.25) is 11.7 Å². The van der Waals surface area contributed by atoms with Crippen LogP contribution in [-0.4, -0.2) is 27.8 Å². The normalized spacial score (nSPS) is 11.6. The third kappa shape index (κ3) is 4.83. The first kappa shape index (κ1) is 23.9. The summed E-state index contributed by atoms with van der Waals surface area (Å²) in [6.07, 6.45) is -4.94. The maximum atomic E-state index is 13.6. The maximum Gasteiger partial charge on any atom is 0.452 e. The molecule has 11 heteroatoms. The molecule has 0 spiro atoms. The Balaban J connectivity index is 1.43. The van der Waals surface area contributed by atoms with Crippen LogP contribution in [0.15, 0.2) is 82.0 Å². The van der Waals surface area contributed by atoms with Crippen LogP contribution < -0.4 is 15.6 Å². The second-order valence-corrected chi connectivity index (χ2v) is 8.12. The Morgan fingerprint density at radius 2 is 1.81 bits per heavy atom. The molecule has 0 aliphatic rings. The van der Waals surface area contributed by atoms with E-state index in [0.717, 1.165) is 5.56 Å². The molecule has 8 nitrogen and oxygen atoms in total. The van der Waals surface area contributed by atoms with Gasteiger partial charge in [-0.25, -0.2) is 4.98 Å². The molecule has 188 valence electrons. The third-order valence-electron chi connectivity index (χ3n) is 5.65. The molecule has 5 aromatic rings. The predicted molar refractivity (Wildman–Crippen MR) is 130 cm³/mol. The first-order valence-electron chi connectivity index (χ1n) is 11.0. The van der Waals surface area contributed by atoms with Crippen molar-refractivity contribution in [1.29, 1.82) is 0 Å². The molecule has 0 aliphatic heterocycles. The number of ether oxygens (including phenoxy) is 1. The second kappa shape index (κ2) is 9.34. The monoisotopic (exact) mass is 508 g/mol. The smallest absolute Gasteiger partial charge is 0.452 e. The van der Waals surface area contributed by atoms with Crippen LogP contribution in [0, 0.1) is 0 Å². The number of oxazole rings is 1. The Kier molecular flexibility index (Phi) is 6.04. The molecule has 3 aromatic carbocycles. The third-order valence-corrected chi connectivity index (χ3v) is 5.65. The molecule has 0 saturated carbocycles. The molecule has 0 aliphatic carbocycles. The van der Waals surface area contributed by atoms with Gasteiger partial charge in [0.05, 0.1) is 24.6 Å². The van der Waals surface area contributed by atoms with Crippen LogP contribution >= 0.6 is 0 Å². The highest BCUT2D eigenvalue weighted by atomic mass is 19.4. The largest absolute Gasteiger partial charge is 0.497 e. The average Bonchev–Trinajstić information content (AvgIpc) is 3.47. The number of nitrogens with one attached hydrogen (secondary N) is 2. The van der Waals surface area contributed by atoms with Crippen LogP contribution in [0.5, 0.6) is 5.75 Å². The lowest BCUT2D eigenvalue weighted by molar-refractivity contribution is -0.153. The van der Waals surface area contributed by atoms with E-state index in [1.54, 1.807) is 48.2 Å². The summed E-state index contributed by atoms with van der Waals surface area (Å²) in [6, 6.07) is 19.7. The number of carbonyl (C=O) groups is 1. The Morgan fingerprint density at radius 1 is 1.08 bits per heavy atom. The van der Waals surface area contributed by atoms with Gasteiger partial charge in [0, 0.05) is 11.3 Å². The molecule has 0 saturated heterocycles. The van der Waals surface area contributed by atoms with Crippen molar-refractivity contribution < 1.29 is 27.1 Å². The van der Waals surface area contributed by atoms with Gasteiger partial charge in [0.15, 0.2) is 5.69 Å². The van der Waals surface area contributed by atoms with Crippen molar-refractivity contribution in [3.63, 3.8) is 0 Å². The highest BCUT2D eigenvalue weighted by Crippen LogP contribution is 2.35. The van der Waals surface area contributed by atoms with Gasteiger partial charge in [-0.1, -0.05) is 30.3 Å². The number of hydrogen-bond acceptors (Lipinski definition) is 5. The maximum absolute atomic E-state index is 13.6. The lowest BCUT2D eigenvalue weighted by atomic mass is 10.2. The first-order valence-corrected chi connectivity index (χ1v) is 11.0. The Hall–Kier alpha value is -4.80. The molecule has 2 aromatic heterocycles. The summed E-state index contributed by atoms with van der Waals surface area (Å²) in [7, 11) is 1.57.